The molecule has 5 heteroatoms. The van der Waals surface area contributed by atoms with Crippen molar-refractivity contribution in [2.75, 3.05) is 12.4 Å². The van der Waals surface area contributed by atoms with E-state index in [1.54, 1.807) is 30.3 Å². The van der Waals surface area contributed by atoms with E-state index in [9.17, 15) is 4.79 Å². The van der Waals surface area contributed by atoms with Crippen LogP contribution in [0.1, 0.15) is 0 Å². The second-order valence-corrected chi connectivity index (χ2v) is 3.18. The van der Waals surface area contributed by atoms with Crippen LogP contribution in [0.2, 0.25) is 5.02 Å². The third kappa shape index (κ3) is 3.15. The van der Waals surface area contributed by atoms with Crippen LogP contribution in [-0.4, -0.2) is 19.1 Å². The smallest absolute Gasteiger partial charge is 0.343 e. The van der Waals surface area contributed by atoms with Crippen LogP contribution < -0.4 is 5.32 Å². The van der Waals surface area contributed by atoms with Crippen molar-refractivity contribution in [1.29, 1.82) is 5.26 Å². The van der Waals surface area contributed by atoms with Crippen LogP contribution in [0.4, 0.5) is 5.69 Å². The molecule has 0 radical (unpaired) electrons. The summed E-state index contributed by atoms with van der Waals surface area (Å²) in [5, 5.41) is 11.9. The molecular weight excluding hydrogens is 216 g/mol. The lowest BCUT2D eigenvalue weighted by molar-refractivity contribution is -0.140. The zero-order valence-electron chi connectivity index (χ0n) is 8.03. The topological polar surface area (TPSA) is 62.1 Å². The fourth-order valence-corrected chi connectivity index (χ4v) is 1.20. The van der Waals surface area contributed by atoms with Gasteiger partial charge in [-0.2, -0.15) is 5.26 Å². The van der Waals surface area contributed by atoms with Crippen molar-refractivity contribution >= 4 is 23.3 Å². The Morgan fingerprint density at radius 1 is 1.67 bits per heavy atom. The molecule has 0 saturated heterocycles. The number of carbonyl (C=O) groups is 1. The third-order valence-corrected chi connectivity index (χ3v) is 1.94. The molecule has 0 aliphatic heterocycles. The Hall–Kier alpha value is -1.73. The standard InChI is InChI=1S/C10H9ClN2O2/c1-15-10(14)9(6-12)13-8-4-2-3-7(11)5-8/h2-5,9,13H,1H3. The first-order valence-corrected chi connectivity index (χ1v) is 4.54. The molecule has 0 aromatic heterocycles. The Morgan fingerprint density at radius 3 is 2.93 bits per heavy atom. The molecule has 0 amide bonds. The number of nitrogens with one attached hydrogen (secondary N) is 1. The summed E-state index contributed by atoms with van der Waals surface area (Å²) in [6, 6.07) is 7.52. The molecule has 0 fully saturated rings. The number of rotatable bonds is 3. The summed E-state index contributed by atoms with van der Waals surface area (Å²) in [7, 11) is 1.23. The maximum atomic E-state index is 11.1. The van der Waals surface area contributed by atoms with Crippen LogP contribution in [-0.2, 0) is 9.53 Å². The number of anilines is 1. The summed E-state index contributed by atoms with van der Waals surface area (Å²) in [5.74, 6) is -0.627. The number of ether oxygens (including phenoxy) is 1. The Balaban J connectivity index is 2.76. The Labute approximate surface area is 92.4 Å². The largest absolute Gasteiger partial charge is 0.467 e. The van der Waals surface area contributed by atoms with E-state index in [-0.39, 0.29) is 0 Å². The first-order chi connectivity index (χ1) is 7.17. The molecule has 1 unspecified atom stereocenters. The maximum absolute atomic E-state index is 11.1. The van der Waals surface area contributed by atoms with Crippen molar-refractivity contribution in [3.05, 3.63) is 29.3 Å². The highest BCUT2D eigenvalue weighted by Gasteiger charge is 2.17. The molecule has 4 nitrogen and oxygen atoms in total. The molecule has 1 rings (SSSR count). The molecule has 0 aliphatic carbocycles. The van der Waals surface area contributed by atoms with E-state index < -0.39 is 12.0 Å². The van der Waals surface area contributed by atoms with E-state index in [1.807, 2.05) is 0 Å². The van der Waals surface area contributed by atoms with Gasteiger partial charge in [0.1, 0.15) is 0 Å². The van der Waals surface area contributed by atoms with Crippen LogP contribution in [0.15, 0.2) is 24.3 Å². The summed E-state index contributed by atoms with van der Waals surface area (Å²) in [4.78, 5) is 11.1. The predicted octanol–water partition coefficient (Wildman–Crippen LogP) is 1.82. The van der Waals surface area contributed by atoms with Gasteiger partial charge in [0.05, 0.1) is 13.2 Å². The van der Waals surface area contributed by atoms with Crippen LogP contribution in [0.5, 0.6) is 0 Å². The lowest BCUT2D eigenvalue weighted by atomic mass is 10.2. The predicted molar refractivity (Wildman–Crippen MR) is 56.5 cm³/mol. The molecule has 78 valence electrons. The molecule has 1 atom stereocenters. The van der Waals surface area contributed by atoms with Gasteiger partial charge in [-0.1, -0.05) is 17.7 Å². The molecule has 0 spiro atoms. The third-order valence-electron chi connectivity index (χ3n) is 1.70. The van der Waals surface area contributed by atoms with Gasteiger partial charge >= 0.3 is 5.97 Å². The molecule has 1 N–H and O–H groups in total. The van der Waals surface area contributed by atoms with E-state index in [0.29, 0.717) is 10.7 Å². The molecule has 15 heavy (non-hydrogen) atoms. The SMILES string of the molecule is COC(=O)C(C#N)Nc1cccc(Cl)c1. The van der Waals surface area contributed by atoms with Gasteiger partial charge < -0.3 is 10.1 Å². The average Bonchev–Trinajstić information content (AvgIpc) is 2.25. The Kier molecular flexibility index (Phi) is 3.95. The second kappa shape index (κ2) is 5.23. The average molecular weight is 225 g/mol. The van der Waals surface area contributed by atoms with Crippen LogP contribution >= 0.6 is 11.6 Å². The first kappa shape index (κ1) is 11.3. The fraction of sp³-hybridized carbons (Fsp3) is 0.200. The van der Waals surface area contributed by atoms with Gasteiger partial charge in [0.15, 0.2) is 0 Å². The number of hydrogen-bond acceptors (Lipinski definition) is 4. The van der Waals surface area contributed by atoms with Crippen molar-refractivity contribution in [1.82, 2.24) is 0 Å². The molecule has 0 aliphatic rings. The molecule has 0 bridgehead atoms. The van der Waals surface area contributed by atoms with Gasteiger partial charge in [-0.15, -0.1) is 0 Å². The van der Waals surface area contributed by atoms with Gasteiger partial charge in [-0.3, -0.25) is 0 Å². The van der Waals surface area contributed by atoms with Gasteiger partial charge in [-0.25, -0.2) is 4.79 Å². The molecule has 1 aromatic carbocycles. The number of benzene rings is 1. The maximum Gasteiger partial charge on any atom is 0.343 e. The Bertz CT molecular complexity index is 401. The highest BCUT2D eigenvalue weighted by molar-refractivity contribution is 6.30. The normalized spacial score (nSPS) is 11.3. The quantitative estimate of drug-likeness (QED) is 0.796. The van der Waals surface area contributed by atoms with Crippen LogP contribution in [0.3, 0.4) is 0 Å². The minimum absolute atomic E-state index is 0.529. The van der Waals surface area contributed by atoms with E-state index in [4.69, 9.17) is 16.9 Å². The van der Waals surface area contributed by atoms with Gasteiger partial charge in [0.2, 0.25) is 6.04 Å². The van der Waals surface area contributed by atoms with Crippen molar-refractivity contribution in [2.45, 2.75) is 6.04 Å². The number of halogens is 1. The first-order valence-electron chi connectivity index (χ1n) is 4.17. The minimum atomic E-state index is -1.02. The van der Waals surface area contributed by atoms with Crippen LogP contribution in [0.25, 0.3) is 0 Å². The number of hydrogen-bond donors (Lipinski definition) is 1. The van der Waals surface area contributed by atoms with Crippen molar-refractivity contribution < 1.29 is 9.53 Å². The van der Waals surface area contributed by atoms with E-state index in [1.165, 1.54) is 7.11 Å². The van der Waals surface area contributed by atoms with E-state index >= 15 is 0 Å². The van der Waals surface area contributed by atoms with Gasteiger partial charge in [0, 0.05) is 10.7 Å². The highest BCUT2D eigenvalue weighted by Crippen LogP contribution is 2.15. The molecular formula is C10H9ClN2O2. The number of methoxy groups -OCH3 is 1. The lowest BCUT2D eigenvalue weighted by Gasteiger charge is -2.10. The van der Waals surface area contributed by atoms with E-state index in [0.717, 1.165) is 0 Å². The number of nitrogens with zero attached hydrogens (tertiary/aromatic N) is 1. The summed E-state index contributed by atoms with van der Waals surface area (Å²) in [6.45, 7) is 0. The number of nitriles is 1. The van der Waals surface area contributed by atoms with E-state index in [2.05, 4.69) is 10.1 Å². The van der Waals surface area contributed by atoms with Crippen molar-refractivity contribution in [3.63, 3.8) is 0 Å². The molecule has 1 aromatic rings. The van der Waals surface area contributed by atoms with Crippen molar-refractivity contribution in [2.24, 2.45) is 0 Å². The minimum Gasteiger partial charge on any atom is -0.467 e. The zero-order chi connectivity index (χ0) is 11.3. The fourth-order valence-electron chi connectivity index (χ4n) is 1.01. The number of carbonyl (C=O) groups excluding carboxylic acids is 1. The molecule has 0 heterocycles. The van der Waals surface area contributed by atoms with Crippen LogP contribution in [0, 0.1) is 11.3 Å². The van der Waals surface area contributed by atoms with Gasteiger partial charge in [0.25, 0.3) is 0 Å². The summed E-state index contributed by atoms with van der Waals surface area (Å²) < 4.78 is 4.45. The second-order valence-electron chi connectivity index (χ2n) is 2.74. The van der Waals surface area contributed by atoms with Crippen molar-refractivity contribution in [3.8, 4) is 6.07 Å². The van der Waals surface area contributed by atoms with Gasteiger partial charge in [-0.05, 0) is 18.2 Å². The summed E-state index contributed by atoms with van der Waals surface area (Å²) >= 11 is 5.75. The lowest BCUT2D eigenvalue weighted by Crippen LogP contribution is -2.28. The monoisotopic (exact) mass is 224 g/mol. The summed E-state index contributed by atoms with van der Waals surface area (Å²) in [6.07, 6.45) is 0. The molecule has 0 saturated carbocycles. The zero-order valence-corrected chi connectivity index (χ0v) is 8.78. The summed E-state index contributed by atoms with van der Waals surface area (Å²) in [5.41, 5.74) is 0.597. The number of esters is 1. The Morgan fingerprint density at radius 2 is 2.40 bits per heavy atom. The highest BCUT2D eigenvalue weighted by atomic mass is 35.5.